The summed E-state index contributed by atoms with van der Waals surface area (Å²) in [6.07, 6.45) is 9.82. The molecule has 0 radical (unpaired) electrons. The number of benzene rings is 1. The summed E-state index contributed by atoms with van der Waals surface area (Å²) in [6.45, 7) is 12.9. The van der Waals surface area contributed by atoms with Crippen LogP contribution in [0.15, 0.2) is 30.6 Å². The molecule has 0 unspecified atom stereocenters. The second-order valence-corrected chi connectivity index (χ2v) is 13.4. The smallest absolute Gasteiger partial charge is 0.238 e. The number of hydrogen-bond acceptors (Lipinski definition) is 6. The average Bonchev–Trinajstić information content (AvgIpc) is 3.47. The summed E-state index contributed by atoms with van der Waals surface area (Å²) in [5, 5.41) is 7.07. The first kappa shape index (κ1) is 26.9. The first-order valence-electron chi connectivity index (χ1n) is 15.9. The SMILES string of the molecule is CC(C)Nc1nc(-c2ccc3c(c2)N([C@H]2C[C@@H](N4CCCCC4)C2)C(=O)C32CCNCC2)cc2ncn(C(C)C)c12. The highest BCUT2D eigenvalue weighted by Gasteiger charge is 2.54. The lowest BCUT2D eigenvalue weighted by Crippen LogP contribution is -2.58. The van der Waals surface area contributed by atoms with Crippen LogP contribution < -0.4 is 15.5 Å². The summed E-state index contributed by atoms with van der Waals surface area (Å²) in [5.74, 6) is 1.19. The number of anilines is 2. The van der Waals surface area contributed by atoms with Crippen LogP contribution in [0.25, 0.3) is 22.3 Å². The van der Waals surface area contributed by atoms with Crippen LogP contribution in [0.1, 0.15) is 84.2 Å². The molecule has 8 heteroatoms. The van der Waals surface area contributed by atoms with E-state index in [4.69, 9.17) is 9.97 Å². The zero-order chi connectivity index (χ0) is 28.3. The molecule has 1 aromatic carbocycles. The maximum atomic E-state index is 14.4. The Balaban J connectivity index is 1.28. The normalized spacial score (nSPS) is 24.4. The molecule has 2 saturated heterocycles. The van der Waals surface area contributed by atoms with Crippen molar-refractivity contribution in [2.24, 2.45) is 0 Å². The van der Waals surface area contributed by atoms with Crippen molar-refractivity contribution in [2.45, 2.75) is 102 Å². The van der Waals surface area contributed by atoms with E-state index >= 15 is 0 Å². The predicted octanol–water partition coefficient (Wildman–Crippen LogP) is 5.48. The number of aromatic nitrogens is 3. The van der Waals surface area contributed by atoms with Crippen molar-refractivity contribution in [1.82, 2.24) is 24.8 Å². The van der Waals surface area contributed by atoms with E-state index in [0.717, 1.165) is 72.6 Å². The van der Waals surface area contributed by atoms with Gasteiger partial charge in [0.25, 0.3) is 0 Å². The summed E-state index contributed by atoms with van der Waals surface area (Å²) in [6, 6.07) is 10.2. The Hall–Kier alpha value is -2.97. The van der Waals surface area contributed by atoms with Crippen LogP contribution in [-0.2, 0) is 10.2 Å². The van der Waals surface area contributed by atoms with E-state index in [0.29, 0.717) is 11.9 Å². The molecular weight excluding hydrogens is 510 g/mol. The summed E-state index contributed by atoms with van der Waals surface area (Å²) >= 11 is 0. The first-order chi connectivity index (χ1) is 19.9. The highest BCUT2D eigenvalue weighted by atomic mass is 16.2. The molecule has 41 heavy (non-hydrogen) atoms. The Labute approximate surface area is 243 Å². The van der Waals surface area contributed by atoms with Gasteiger partial charge in [0.2, 0.25) is 5.91 Å². The molecule has 4 aliphatic rings. The number of nitrogens with one attached hydrogen (secondary N) is 2. The standard InChI is InChI=1S/C33H45N7O/c1-21(2)36-31-30-28(35-20-39(30)22(3)4)19-27(37-31)23-8-9-26-29(16-23)40(32(41)33(26)10-12-34-13-11-33)25-17-24(18-25)38-14-6-5-7-15-38/h8-9,16,19-22,24-25,34H,5-7,10-15,17-18H2,1-4H3,(H,36,37)/t24-,25+. The van der Waals surface area contributed by atoms with Crippen LogP contribution >= 0.6 is 0 Å². The van der Waals surface area contributed by atoms with Gasteiger partial charge in [0.15, 0.2) is 5.82 Å². The van der Waals surface area contributed by atoms with E-state index in [1.54, 1.807) is 0 Å². The third-order valence-electron chi connectivity index (χ3n) is 10.0. The van der Waals surface area contributed by atoms with Crippen LogP contribution in [0.4, 0.5) is 11.5 Å². The molecule has 7 rings (SSSR count). The summed E-state index contributed by atoms with van der Waals surface area (Å²) in [7, 11) is 0. The molecule has 0 atom stereocenters. The van der Waals surface area contributed by atoms with Gasteiger partial charge in [-0.15, -0.1) is 0 Å². The van der Waals surface area contributed by atoms with Crippen LogP contribution in [0.2, 0.25) is 0 Å². The van der Waals surface area contributed by atoms with Gasteiger partial charge in [-0.05, 0) is 110 Å². The number of rotatable bonds is 6. The topological polar surface area (TPSA) is 78.3 Å². The number of fused-ring (bicyclic) bond motifs is 3. The molecule has 5 heterocycles. The van der Waals surface area contributed by atoms with Crippen LogP contribution in [0.3, 0.4) is 0 Å². The fourth-order valence-electron chi connectivity index (χ4n) is 7.77. The van der Waals surface area contributed by atoms with E-state index in [1.165, 1.54) is 37.9 Å². The highest BCUT2D eigenvalue weighted by Crippen LogP contribution is 2.51. The van der Waals surface area contributed by atoms with Crippen molar-refractivity contribution >= 4 is 28.4 Å². The number of pyridine rings is 1. The first-order valence-corrected chi connectivity index (χ1v) is 15.9. The molecule has 3 aliphatic heterocycles. The molecule has 1 amide bonds. The van der Waals surface area contributed by atoms with Gasteiger partial charge in [-0.2, -0.15) is 0 Å². The molecule has 218 valence electrons. The summed E-state index contributed by atoms with van der Waals surface area (Å²) < 4.78 is 2.19. The Morgan fingerprint density at radius 3 is 2.46 bits per heavy atom. The Morgan fingerprint density at radius 2 is 1.76 bits per heavy atom. The van der Waals surface area contributed by atoms with Gasteiger partial charge >= 0.3 is 0 Å². The fourth-order valence-corrected chi connectivity index (χ4v) is 7.77. The lowest BCUT2D eigenvalue weighted by molar-refractivity contribution is -0.125. The van der Waals surface area contributed by atoms with Crippen LogP contribution in [-0.4, -0.2) is 69.6 Å². The molecule has 1 saturated carbocycles. The van der Waals surface area contributed by atoms with Gasteiger partial charge in [-0.25, -0.2) is 9.97 Å². The van der Waals surface area contributed by atoms with E-state index in [2.05, 4.69) is 77.0 Å². The molecular formula is C33H45N7O. The Bertz CT molecular complexity index is 1440. The maximum Gasteiger partial charge on any atom is 0.238 e. The van der Waals surface area contributed by atoms with Crippen molar-refractivity contribution in [3.05, 3.63) is 36.2 Å². The molecule has 0 bridgehead atoms. The number of nitrogens with zero attached hydrogens (tertiary/aromatic N) is 5. The molecule has 3 fully saturated rings. The monoisotopic (exact) mass is 555 g/mol. The zero-order valence-electron chi connectivity index (χ0n) is 25.1. The van der Waals surface area contributed by atoms with Gasteiger partial charge in [-0.3, -0.25) is 4.79 Å². The lowest BCUT2D eigenvalue weighted by Gasteiger charge is -2.48. The van der Waals surface area contributed by atoms with E-state index in [1.807, 2.05) is 6.33 Å². The number of carbonyl (C=O) groups excluding carboxylic acids is 1. The Kier molecular flexibility index (Phi) is 6.81. The molecule has 8 nitrogen and oxygen atoms in total. The average molecular weight is 556 g/mol. The van der Waals surface area contributed by atoms with Gasteiger partial charge in [0, 0.05) is 35.4 Å². The molecule has 1 spiro atoms. The number of piperidine rings is 2. The number of hydrogen-bond donors (Lipinski definition) is 2. The van der Waals surface area contributed by atoms with Crippen molar-refractivity contribution in [3.8, 4) is 11.3 Å². The largest absolute Gasteiger partial charge is 0.366 e. The van der Waals surface area contributed by atoms with Gasteiger partial charge < -0.3 is 25.0 Å². The third-order valence-corrected chi connectivity index (χ3v) is 10.0. The van der Waals surface area contributed by atoms with Crippen molar-refractivity contribution in [1.29, 1.82) is 0 Å². The third kappa shape index (κ3) is 4.45. The maximum absolute atomic E-state index is 14.4. The number of amides is 1. The van der Waals surface area contributed by atoms with Gasteiger partial charge in [0.1, 0.15) is 5.52 Å². The Morgan fingerprint density at radius 1 is 1.00 bits per heavy atom. The number of imidazole rings is 1. The predicted molar refractivity (Wildman–Crippen MR) is 166 cm³/mol. The van der Waals surface area contributed by atoms with E-state index in [-0.39, 0.29) is 18.1 Å². The second-order valence-electron chi connectivity index (χ2n) is 13.4. The minimum Gasteiger partial charge on any atom is -0.366 e. The summed E-state index contributed by atoms with van der Waals surface area (Å²) in [4.78, 5) is 29.2. The molecule has 2 aromatic heterocycles. The van der Waals surface area contributed by atoms with E-state index in [9.17, 15) is 4.79 Å². The minimum absolute atomic E-state index is 0.246. The van der Waals surface area contributed by atoms with Crippen LogP contribution in [0.5, 0.6) is 0 Å². The molecule has 3 aromatic rings. The quantitative estimate of drug-likeness (QED) is 0.419. The fraction of sp³-hybridized carbons (Fsp3) is 0.606. The van der Waals surface area contributed by atoms with Crippen LogP contribution in [0, 0.1) is 0 Å². The molecule has 2 N–H and O–H groups in total. The van der Waals surface area contributed by atoms with E-state index < -0.39 is 5.41 Å². The van der Waals surface area contributed by atoms with Crippen molar-refractivity contribution in [3.63, 3.8) is 0 Å². The summed E-state index contributed by atoms with van der Waals surface area (Å²) in [5.41, 5.74) is 5.88. The number of carbonyl (C=O) groups is 1. The number of likely N-dealkylation sites (tertiary alicyclic amines) is 1. The van der Waals surface area contributed by atoms with Gasteiger partial charge in [0.05, 0.1) is 23.0 Å². The highest BCUT2D eigenvalue weighted by molar-refractivity contribution is 6.09. The zero-order valence-corrected chi connectivity index (χ0v) is 25.1. The van der Waals surface area contributed by atoms with Gasteiger partial charge in [-0.1, -0.05) is 18.6 Å². The molecule has 1 aliphatic carbocycles. The second kappa shape index (κ2) is 10.4. The van der Waals surface area contributed by atoms with Crippen molar-refractivity contribution in [2.75, 3.05) is 36.4 Å². The lowest BCUT2D eigenvalue weighted by atomic mass is 9.74. The van der Waals surface area contributed by atoms with Crippen molar-refractivity contribution < 1.29 is 4.79 Å². The minimum atomic E-state index is -0.396.